The van der Waals surface area contributed by atoms with Crippen LogP contribution in [0.3, 0.4) is 0 Å². The largest absolute Gasteiger partial charge is 0.454 e. The summed E-state index contributed by atoms with van der Waals surface area (Å²) in [6.45, 7) is 0.206. The number of hydrogen-bond donors (Lipinski definition) is 1. The van der Waals surface area contributed by atoms with Crippen molar-refractivity contribution in [3.8, 4) is 11.5 Å². The van der Waals surface area contributed by atoms with Gasteiger partial charge in [-0.2, -0.15) is 0 Å². The summed E-state index contributed by atoms with van der Waals surface area (Å²) in [5, 5.41) is 6.63. The highest BCUT2D eigenvalue weighted by atomic mass is 79.9. The number of anilines is 1. The van der Waals surface area contributed by atoms with Crippen LogP contribution in [0.4, 0.5) is 5.69 Å². The standard InChI is InChI=1S/C27H22NO3P.BrH/c29-27(28-21-16-17-25-26(18-21)31-20-30-25)19-32(22-10-4-1-5-11-22,23-12-6-2-7-13-23)24-14-8-3-9-15-24;/h1-18H,19-20H2;1H/p+1. The molecule has 0 atom stereocenters. The van der Waals surface area contributed by atoms with Gasteiger partial charge in [0.1, 0.15) is 23.2 Å². The second-order valence-corrected chi connectivity index (χ2v) is 11.1. The summed E-state index contributed by atoms with van der Waals surface area (Å²) >= 11 is 0. The van der Waals surface area contributed by atoms with Gasteiger partial charge in [-0.25, -0.2) is 0 Å². The maximum atomic E-state index is 13.5. The van der Waals surface area contributed by atoms with Gasteiger partial charge < -0.3 is 14.8 Å². The van der Waals surface area contributed by atoms with Crippen LogP contribution in [0.2, 0.25) is 0 Å². The number of nitrogens with one attached hydrogen (secondary N) is 1. The summed E-state index contributed by atoms with van der Waals surface area (Å²) in [6, 6.07) is 36.7. The first kappa shape index (κ1) is 23.0. The molecule has 0 aromatic heterocycles. The van der Waals surface area contributed by atoms with E-state index >= 15 is 0 Å². The number of hydrogen-bond acceptors (Lipinski definition) is 3. The molecule has 4 aromatic rings. The third-order valence-electron chi connectivity index (χ3n) is 5.63. The number of carbonyl (C=O) groups excluding carboxylic acids is 1. The second kappa shape index (κ2) is 10.2. The minimum absolute atomic E-state index is 0. The third kappa shape index (κ3) is 4.66. The van der Waals surface area contributed by atoms with E-state index in [1.54, 1.807) is 0 Å². The lowest BCUT2D eigenvalue weighted by Gasteiger charge is -2.27. The van der Waals surface area contributed by atoms with Crippen LogP contribution in [0.15, 0.2) is 109 Å². The molecule has 1 N–H and O–H groups in total. The van der Waals surface area contributed by atoms with Crippen molar-refractivity contribution in [2.24, 2.45) is 0 Å². The molecule has 5 rings (SSSR count). The molecule has 1 aliphatic heterocycles. The van der Waals surface area contributed by atoms with E-state index in [4.69, 9.17) is 9.47 Å². The lowest BCUT2D eigenvalue weighted by atomic mass is 10.3. The van der Waals surface area contributed by atoms with Crippen molar-refractivity contribution < 1.29 is 14.3 Å². The lowest BCUT2D eigenvalue weighted by Crippen LogP contribution is -2.37. The zero-order valence-corrected chi connectivity index (χ0v) is 20.5. The van der Waals surface area contributed by atoms with Gasteiger partial charge in [0.2, 0.25) is 6.79 Å². The van der Waals surface area contributed by atoms with Crippen molar-refractivity contribution in [1.82, 2.24) is 0 Å². The molecule has 4 aromatic carbocycles. The van der Waals surface area contributed by atoms with Crippen LogP contribution in [-0.4, -0.2) is 18.9 Å². The van der Waals surface area contributed by atoms with Gasteiger partial charge in [-0.3, -0.25) is 4.79 Å². The fraction of sp³-hybridized carbons (Fsp3) is 0.0741. The number of halogens is 1. The van der Waals surface area contributed by atoms with Crippen molar-refractivity contribution in [3.63, 3.8) is 0 Å². The van der Waals surface area contributed by atoms with Crippen molar-refractivity contribution in [3.05, 3.63) is 109 Å². The van der Waals surface area contributed by atoms with Crippen molar-refractivity contribution in [2.75, 3.05) is 18.3 Å². The minimum atomic E-state index is -2.23. The quantitative estimate of drug-likeness (QED) is 0.367. The van der Waals surface area contributed by atoms with E-state index in [0.717, 1.165) is 0 Å². The Hall–Kier alpha value is -3.14. The van der Waals surface area contributed by atoms with E-state index in [1.807, 2.05) is 72.8 Å². The van der Waals surface area contributed by atoms with Crippen LogP contribution in [-0.2, 0) is 4.79 Å². The molecule has 0 spiro atoms. The molecule has 1 amide bonds. The first-order valence-electron chi connectivity index (χ1n) is 10.5. The Morgan fingerprint density at radius 3 is 1.70 bits per heavy atom. The van der Waals surface area contributed by atoms with Crippen LogP contribution in [0.5, 0.6) is 11.5 Å². The van der Waals surface area contributed by atoms with E-state index in [-0.39, 0.29) is 29.7 Å². The Morgan fingerprint density at radius 1 is 0.697 bits per heavy atom. The van der Waals surface area contributed by atoms with Gasteiger partial charge in [0.25, 0.3) is 5.91 Å². The molecular weight excluding hydrogens is 497 g/mol. The first-order valence-corrected chi connectivity index (χ1v) is 12.5. The molecule has 0 saturated carbocycles. The Bertz CT molecular complexity index is 1120. The third-order valence-corrected chi connectivity index (χ3v) is 9.93. The topological polar surface area (TPSA) is 47.6 Å². The highest BCUT2D eigenvalue weighted by Crippen LogP contribution is 2.55. The fourth-order valence-corrected chi connectivity index (χ4v) is 8.15. The number of fused-ring (bicyclic) bond motifs is 1. The molecule has 0 aliphatic carbocycles. The molecule has 0 fully saturated rings. The number of amides is 1. The van der Waals surface area contributed by atoms with E-state index < -0.39 is 7.26 Å². The summed E-state index contributed by atoms with van der Waals surface area (Å²) in [6.07, 6.45) is 0.361. The number of carbonyl (C=O) groups is 1. The van der Waals surface area contributed by atoms with E-state index in [9.17, 15) is 4.79 Å². The molecule has 0 radical (unpaired) electrons. The van der Waals surface area contributed by atoms with Gasteiger partial charge in [0.15, 0.2) is 17.7 Å². The molecule has 33 heavy (non-hydrogen) atoms. The van der Waals surface area contributed by atoms with Gasteiger partial charge in [-0.15, -0.1) is 17.0 Å². The van der Waals surface area contributed by atoms with Crippen LogP contribution in [0.25, 0.3) is 0 Å². The summed E-state index contributed by atoms with van der Waals surface area (Å²) in [5.41, 5.74) is 0.700. The molecular formula is C27H24BrNO3P+. The summed E-state index contributed by atoms with van der Waals surface area (Å²) in [4.78, 5) is 13.5. The molecule has 166 valence electrons. The molecule has 0 saturated heterocycles. The van der Waals surface area contributed by atoms with Crippen LogP contribution < -0.4 is 30.7 Å². The average molecular weight is 521 g/mol. The zero-order valence-electron chi connectivity index (χ0n) is 17.9. The van der Waals surface area contributed by atoms with Crippen LogP contribution in [0, 0.1) is 0 Å². The normalized spacial score (nSPS) is 12.0. The summed E-state index contributed by atoms with van der Waals surface area (Å²) in [5.74, 6) is 1.31. The predicted octanol–water partition coefficient (Wildman–Crippen LogP) is 4.93. The summed E-state index contributed by atoms with van der Waals surface area (Å²) in [7, 11) is -2.23. The zero-order chi connectivity index (χ0) is 21.8. The summed E-state index contributed by atoms with van der Waals surface area (Å²) < 4.78 is 10.8. The maximum Gasteiger partial charge on any atom is 0.263 e. The molecule has 0 unspecified atom stereocenters. The molecule has 4 nitrogen and oxygen atoms in total. The van der Waals surface area contributed by atoms with Crippen LogP contribution in [0.1, 0.15) is 0 Å². The molecule has 1 aliphatic rings. The predicted molar refractivity (Wildman–Crippen MR) is 142 cm³/mol. The average Bonchev–Trinajstić information content (AvgIpc) is 3.32. The van der Waals surface area contributed by atoms with Crippen molar-refractivity contribution >= 4 is 51.8 Å². The van der Waals surface area contributed by atoms with Gasteiger partial charge in [-0.1, -0.05) is 54.6 Å². The second-order valence-electron chi connectivity index (χ2n) is 7.59. The Kier molecular flexibility index (Phi) is 7.12. The van der Waals surface area contributed by atoms with E-state index in [0.29, 0.717) is 23.3 Å². The van der Waals surface area contributed by atoms with Gasteiger partial charge in [-0.05, 0) is 48.5 Å². The number of rotatable bonds is 6. The first-order chi connectivity index (χ1) is 15.8. The monoisotopic (exact) mass is 520 g/mol. The maximum absolute atomic E-state index is 13.5. The lowest BCUT2D eigenvalue weighted by molar-refractivity contribution is -0.113. The SMILES string of the molecule is Br.O=C(C[P+](c1ccccc1)(c1ccccc1)c1ccccc1)Nc1ccc2c(c1)OCO2. The van der Waals surface area contributed by atoms with Gasteiger partial charge in [0.05, 0.1) is 0 Å². The van der Waals surface area contributed by atoms with Crippen LogP contribution >= 0.6 is 24.2 Å². The Balaban J connectivity index is 0.00000259. The highest BCUT2D eigenvalue weighted by molar-refractivity contribution is 8.93. The minimum Gasteiger partial charge on any atom is -0.454 e. The number of ether oxygens (including phenoxy) is 2. The highest BCUT2D eigenvalue weighted by Gasteiger charge is 2.47. The Morgan fingerprint density at radius 2 is 1.18 bits per heavy atom. The van der Waals surface area contributed by atoms with Crippen molar-refractivity contribution in [2.45, 2.75) is 0 Å². The molecule has 0 bridgehead atoms. The molecule has 1 heterocycles. The van der Waals surface area contributed by atoms with E-state index in [1.165, 1.54) is 15.9 Å². The van der Waals surface area contributed by atoms with Crippen molar-refractivity contribution in [1.29, 1.82) is 0 Å². The Labute approximate surface area is 204 Å². The fourth-order valence-electron chi connectivity index (χ4n) is 4.16. The van der Waals surface area contributed by atoms with E-state index in [2.05, 4.69) is 41.7 Å². The van der Waals surface area contributed by atoms with Gasteiger partial charge >= 0.3 is 0 Å². The smallest absolute Gasteiger partial charge is 0.263 e. The van der Waals surface area contributed by atoms with Gasteiger partial charge in [0, 0.05) is 11.8 Å². The molecule has 6 heteroatoms. The number of benzene rings is 4.